The summed E-state index contributed by atoms with van der Waals surface area (Å²) in [7, 11) is 0. The Morgan fingerprint density at radius 2 is 1.65 bits per heavy atom. The highest BCUT2D eigenvalue weighted by molar-refractivity contribution is 5.95. The average Bonchev–Trinajstić information content (AvgIpc) is 2.76. The molecule has 5 nitrogen and oxygen atoms in total. The average molecular weight is 317 g/mol. The Balaban J connectivity index is 1.88. The number of carbonyl (C=O) groups is 2. The summed E-state index contributed by atoms with van der Waals surface area (Å²) in [5.41, 5.74) is 1.42. The van der Waals surface area contributed by atoms with Crippen LogP contribution in [-0.2, 0) is 9.59 Å². The number of rotatable bonds is 5. The molecule has 5 heteroatoms. The topological polar surface area (TPSA) is 61.4 Å². The van der Waals surface area contributed by atoms with Gasteiger partial charge < -0.3 is 10.6 Å². The number of amides is 2. The van der Waals surface area contributed by atoms with Crippen LogP contribution in [0, 0.1) is 5.92 Å². The third kappa shape index (κ3) is 6.02. The van der Waals surface area contributed by atoms with E-state index in [1.807, 2.05) is 32.0 Å². The number of likely N-dealkylation sites (tertiary alicyclic amines) is 1. The molecule has 0 aromatic heterocycles. The molecule has 2 amide bonds. The zero-order chi connectivity index (χ0) is 16.7. The van der Waals surface area contributed by atoms with Crippen LogP contribution in [0.25, 0.3) is 0 Å². The second kappa shape index (κ2) is 8.67. The summed E-state index contributed by atoms with van der Waals surface area (Å²) in [6, 6.07) is 7.29. The normalized spacial score (nSPS) is 16.0. The Kier molecular flexibility index (Phi) is 6.59. The maximum atomic E-state index is 12.2. The molecule has 0 bridgehead atoms. The molecule has 0 atom stereocenters. The second-order valence-electron chi connectivity index (χ2n) is 6.46. The predicted octanol–water partition coefficient (Wildman–Crippen LogP) is 3.10. The molecule has 1 heterocycles. The number of benzene rings is 1. The third-order valence-electron chi connectivity index (χ3n) is 4.00. The van der Waals surface area contributed by atoms with Crippen molar-refractivity contribution in [2.75, 3.05) is 30.3 Å². The first-order chi connectivity index (χ1) is 11.0. The van der Waals surface area contributed by atoms with Gasteiger partial charge in [0, 0.05) is 17.3 Å². The van der Waals surface area contributed by atoms with Crippen molar-refractivity contribution < 1.29 is 9.59 Å². The van der Waals surface area contributed by atoms with E-state index in [9.17, 15) is 9.59 Å². The smallest absolute Gasteiger partial charge is 0.238 e. The van der Waals surface area contributed by atoms with Gasteiger partial charge in [0.25, 0.3) is 0 Å². The Morgan fingerprint density at radius 3 is 2.26 bits per heavy atom. The molecular formula is C18H27N3O2. The van der Waals surface area contributed by atoms with E-state index >= 15 is 0 Å². The van der Waals surface area contributed by atoms with Crippen LogP contribution >= 0.6 is 0 Å². The Labute approximate surface area is 138 Å². The van der Waals surface area contributed by atoms with Crippen LogP contribution < -0.4 is 10.6 Å². The molecule has 2 N–H and O–H groups in total. The fourth-order valence-corrected chi connectivity index (χ4v) is 2.66. The van der Waals surface area contributed by atoms with E-state index < -0.39 is 0 Å². The van der Waals surface area contributed by atoms with Gasteiger partial charge in [0.05, 0.1) is 6.54 Å². The number of anilines is 2. The van der Waals surface area contributed by atoms with Gasteiger partial charge in [-0.2, -0.15) is 0 Å². The lowest BCUT2D eigenvalue weighted by Crippen LogP contribution is -2.33. The summed E-state index contributed by atoms with van der Waals surface area (Å²) < 4.78 is 0. The maximum Gasteiger partial charge on any atom is 0.238 e. The van der Waals surface area contributed by atoms with Gasteiger partial charge in [-0.1, -0.05) is 32.8 Å². The van der Waals surface area contributed by atoms with Gasteiger partial charge in [0.15, 0.2) is 0 Å². The van der Waals surface area contributed by atoms with E-state index in [1.165, 1.54) is 25.7 Å². The van der Waals surface area contributed by atoms with Gasteiger partial charge >= 0.3 is 0 Å². The molecule has 0 aliphatic carbocycles. The maximum absolute atomic E-state index is 12.2. The van der Waals surface area contributed by atoms with E-state index in [0.717, 1.165) is 13.1 Å². The monoisotopic (exact) mass is 317 g/mol. The first-order valence-corrected chi connectivity index (χ1v) is 8.48. The first-order valence-electron chi connectivity index (χ1n) is 8.48. The van der Waals surface area contributed by atoms with Crippen molar-refractivity contribution in [2.45, 2.75) is 39.5 Å². The SMILES string of the molecule is CC(C)C(=O)Nc1cccc(NC(=O)CN2CCCCCC2)c1. The molecule has 0 saturated carbocycles. The van der Waals surface area contributed by atoms with Crippen LogP contribution in [0.15, 0.2) is 24.3 Å². The van der Waals surface area contributed by atoms with Crippen LogP contribution in [0.3, 0.4) is 0 Å². The van der Waals surface area contributed by atoms with E-state index in [-0.39, 0.29) is 17.7 Å². The summed E-state index contributed by atoms with van der Waals surface area (Å²) >= 11 is 0. The van der Waals surface area contributed by atoms with Crippen LogP contribution in [0.4, 0.5) is 11.4 Å². The molecular weight excluding hydrogens is 290 g/mol. The highest BCUT2D eigenvalue weighted by atomic mass is 16.2. The van der Waals surface area contributed by atoms with Crippen molar-refractivity contribution in [3.8, 4) is 0 Å². The molecule has 23 heavy (non-hydrogen) atoms. The zero-order valence-corrected chi connectivity index (χ0v) is 14.1. The Hall–Kier alpha value is -1.88. The number of nitrogens with zero attached hydrogens (tertiary/aromatic N) is 1. The summed E-state index contributed by atoms with van der Waals surface area (Å²) in [5, 5.41) is 5.76. The van der Waals surface area contributed by atoms with Crippen LogP contribution in [0.2, 0.25) is 0 Å². The lowest BCUT2D eigenvalue weighted by molar-refractivity contribution is -0.119. The van der Waals surface area contributed by atoms with Gasteiger partial charge in [-0.05, 0) is 44.1 Å². The lowest BCUT2D eigenvalue weighted by Gasteiger charge is -2.19. The van der Waals surface area contributed by atoms with Gasteiger partial charge in [0.2, 0.25) is 11.8 Å². The number of nitrogens with one attached hydrogen (secondary N) is 2. The summed E-state index contributed by atoms with van der Waals surface area (Å²) in [5.74, 6) is -0.103. The summed E-state index contributed by atoms with van der Waals surface area (Å²) in [6.45, 7) is 6.13. The minimum atomic E-state index is -0.0729. The van der Waals surface area contributed by atoms with E-state index in [2.05, 4.69) is 15.5 Å². The summed E-state index contributed by atoms with van der Waals surface area (Å²) in [4.78, 5) is 26.1. The van der Waals surface area contributed by atoms with Crippen molar-refractivity contribution in [1.82, 2.24) is 4.90 Å². The molecule has 1 saturated heterocycles. The Bertz CT molecular complexity index is 535. The van der Waals surface area contributed by atoms with E-state index in [0.29, 0.717) is 17.9 Å². The lowest BCUT2D eigenvalue weighted by atomic mass is 10.2. The van der Waals surface area contributed by atoms with Crippen molar-refractivity contribution in [3.63, 3.8) is 0 Å². The fraction of sp³-hybridized carbons (Fsp3) is 0.556. The minimum absolute atomic E-state index is 0.000707. The largest absolute Gasteiger partial charge is 0.326 e. The van der Waals surface area contributed by atoms with Crippen molar-refractivity contribution in [3.05, 3.63) is 24.3 Å². The van der Waals surface area contributed by atoms with Crippen LogP contribution in [-0.4, -0.2) is 36.3 Å². The molecule has 1 aromatic rings. The predicted molar refractivity (Wildman–Crippen MR) is 93.4 cm³/mol. The highest BCUT2D eigenvalue weighted by Crippen LogP contribution is 2.16. The van der Waals surface area contributed by atoms with Crippen molar-refractivity contribution in [1.29, 1.82) is 0 Å². The third-order valence-corrected chi connectivity index (χ3v) is 4.00. The molecule has 1 fully saturated rings. The fourth-order valence-electron chi connectivity index (χ4n) is 2.66. The van der Waals surface area contributed by atoms with Gasteiger partial charge in [-0.3, -0.25) is 14.5 Å². The molecule has 0 unspecified atom stereocenters. The number of hydrogen-bond donors (Lipinski definition) is 2. The van der Waals surface area contributed by atoms with Gasteiger partial charge in [0.1, 0.15) is 0 Å². The van der Waals surface area contributed by atoms with Crippen molar-refractivity contribution >= 4 is 23.2 Å². The van der Waals surface area contributed by atoms with Crippen LogP contribution in [0.5, 0.6) is 0 Å². The molecule has 0 radical (unpaired) electrons. The molecule has 1 aliphatic rings. The van der Waals surface area contributed by atoms with Gasteiger partial charge in [-0.15, -0.1) is 0 Å². The number of carbonyl (C=O) groups excluding carboxylic acids is 2. The highest BCUT2D eigenvalue weighted by Gasteiger charge is 2.13. The molecule has 126 valence electrons. The second-order valence-corrected chi connectivity index (χ2v) is 6.46. The minimum Gasteiger partial charge on any atom is -0.326 e. The zero-order valence-electron chi connectivity index (χ0n) is 14.1. The van der Waals surface area contributed by atoms with Crippen LogP contribution in [0.1, 0.15) is 39.5 Å². The van der Waals surface area contributed by atoms with Gasteiger partial charge in [-0.25, -0.2) is 0 Å². The standard InChI is InChI=1S/C18H27N3O2/c1-14(2)18(23)20-16-9-7-8-15(12-16)19-17(22)13-21-10-5-3-4-6-11-21/h7-9,12,14H,3-6,10-11,13H2,1-2H3,(H,19,22)(H,20,23). The quantitative estimate of drug-likeness (QED) is 0.877. The molecule has 2 rings (SSSR count). The Morgan fingerprint density at radius 1 is 1.04 bits per heavy atom. The summed E-state index contributed by atoms with van der Waals surface area (Å²) in [6.07, 6.45) is 4.86. The molecule has 1 aromatic carbocycles. The molecule has 0 spiro atoms. The molecule has 1 aliphatic heterocycles. The van der Waals surface area contributed by atoms with E-state index in [4.69, 9.17) is 0 Å². The van der Waals surface area contributed by atoms with Crippen molar-refractivity contribution in [2.24, 2.45) is 5.92 Å². The van der Waals surface area contributed by atoms with E-state index in [1.54, 1.807) is 6.07 Å². The first kappa shape index (κ1) is 17.5. The number of hydrogen-bond acceptors (Lipinski definition) is 3.